The molecule has 0 saturated carbocycles. The van der Waals surface area contributed by atoms with Gasteiger partial charge in [-0.2, -0.15) is 13.2 Å². The molecule has 2 aromatic carbocycles. The van der Waals surface area contributed by atoms with Gasteiger partial charge in [0, 0.05) is 16.9 Å². The second-order valence-corrected chi connectivity index (χ2v) is 5.87. The Balaban J connectivity index is 1.73. The summed E-state index contributed by atoms with van der Waals surface area (Å²) in [6.45, 7) is 1.36. The Hall–Kier alpha value is -3.49. The van der Waals surface area contributed by atoms with Gasteiger partial charge in [0.05, 0.1) is 17.5 Å². The van der Waals surface area contributed by atoms with Crippen LogP contribution in [0.4, 0.5) is 35.3 Å². The summed E-state index contributed by atoms with van der Waals surface area (Å²) >= 11 is 0. The van der Waals surface area contributed by atoms with Gasteiger partial charge in [0.25, 0.3) is 0 Å². The molecule has 0 fully saturated rings. The number of rotatable bonds is 3. The van der Waals surface area contributed by atoms with Gasteiger partial charge in [-0.15, -0.1) is 0 Å². The van der Waals surface area contributed by atoms with Crippen molar-refractivity contribution >= 4 is 23.4 Å². The van der Waals surface area contributed by atoms with Crippen LogP contribution in [-0.4, -0.2) is 16.0 Å². The van der Waals surface area contributed by atoms with Crippen LogP contribution in [0, 0.1) is 6.92 Å². The lowest BCUT2D eigenvalue weighted by Crippen LogP contribution is -2.20. The molecular weight excluding hydrogens is 359 g/mol. The fourth-order valence-corrected chi connectivity index (χ4v) is 2.55. The number of nitrogens with one attached hydrogen (secondary N) is 3. The van der Waals surface area contributed by atoms with E-state index in [0.717, 1.165) is 11.6 Å². The molecule has 27 heavy (non-hydrogen) atoms. The average molecular weight is 375 g/mol. The van der Waals surface area contributed by atoms with Crippen LogP contribution >= 0.6 is 0 Å². The van der Waals surface area contributed by atoms with E-state index in [9.17, 15) is 18.0 Å². The summed E-state index contributed by atoms with van der Waals surface area (Å²) in [6.07, 6.45) is -2.93. The van der Waals surface area contributed by atoms with E-state index < -0.39 is 17.8 Å². The van der Waals surface area contributed by atoms with Crippen LogP contribution in [0.15, 0.2) is 48.7 Å². The quantitative estimate of drug-likeness (QED) is 0.537. The van der Waals surface area contributed by atoms with Crippen LogP contribution in [0.3, 0.4) is 0 Å². The Morgan fingerprint density at radius 1 is 1.11 bits per heavy atom. The number of aryl methyl sites for hydroxylation is 1. The highest BCUT2D eigenvalue weighted by atomic mass is 19.4. The third-order valence-electron chi connectivity index (χ3n) is 3.83. The van der Waals surface area contributed by atoms with E-state index in [1.807, 2.05) is 0 Å². The summed E-state index contributed by atoms with van der Waals surface area (Å²) in [7, 11) is 0. The third kappa shape index (κ3) is 4.38. The number of carbonyl (C=O) groups is 1. The first-order chi connectivity index (χ1) is 12.7. The number of nitrogen functional groups attached to an aromatic ring is 1. The molecule has 2 amide bonds. The number of amides is 2. The molecular formula is C18H16F3N5O. The number of H-pyrrole nitrogens is 1. The van der Waals surface area contributed by atoms with E-state index >= 15 is 0 Å². The minimum Gasteiger partial charge on any atom is -0.369 e. The first-order valence-corrected chi connectivity index (χ1v) is 7.89. The van der Waals surface area contributed by atoms with E-state index in [2.05, 4.69) is 20.6 Å². The Kier molecular flexibility index (Phi) is 4.76. The van der Waals surface area contributed by atoms with Crippen molar-refractivity contribution in [1.29, 1.82) is 0 Å². The number of alkyl halides is 3. The number of halogens is 3. The zero-order valence-corrected chi connectivity index (χ0v) is 14.2. The smallest absolute Gasteiger partial charge is 0.369 e. The van der Waals surface area contributed by atoms with E-state index in [1.54, 1.807) is 30.5 Å². The Bertz CT molecular complexity index is 981. The molecule has 0 unspecified atom stereocenters. The van der Waals surface area contributed by atoms with Crippen molar-refractivity contribution in [3.05, 3.63) is 59.8 Å². The summed E-state index contributed by atoms with van der Waals surface area (Å²) in [5.74, 6) is 0.265. The molecule has 0 aliphatic heterocycles. The lowest BCUT2D eigenvalue weighted by molar-refractivity contribution is -0.138. The first-order valence-electron chi connectivity index (χ1n) is 7.89. The van der Waals surface area contributed by atoms with Gasteiger partial charge < -0.3 is 21.4 Å². The van der Waals surface area contributed by atoms with Gasteiger partial charge in [0.1, 0.15) is 0 Å². The van der Waals surface area contributed by atoms with Crippen molar-refractivity contribution in [2.45, 2.75) is 13.1 Å². The molecule has 1 heterocycles. The number of nitrogens with zero attached hydrogens (tertiary/aromatic N) is 1. The summed E-state index contributed by atoms with van der Waals surface area (Å²) in [4.78, 5) is 18.9. The highest BCUT2D eigenvalue weighted by Crippen LogP contribution is 2.33. The number of hydrogen-bond acceptors (Lipinski definition) is 3. The Morgan fingerprint density at radius 3 is 2.44 bits per heavy atom. The molecule has 9 heteroatoms. The van der Waals surface area contributed by atoms with Crippen LogP contribution in [0.1, 0.15) is 11.1 Å². The van der Waals surface area contributed by atoms with Gasteiger partial charge in [-0.1, -0.05) is 18.2 Å². The molecule has 0 bridgehead atoms. The number of nitrogens with two attached hydrogens (primary N) is 1. The second-order valence-electron chi connectivity index (χ2n) is 5.87. The highest BCUT2D eigenvalue weighted by Gasteiger charge is 2.32. The van der Waals surface area contributed by atoms with Crippen LogP contribution in [0.5, 0.6) is 0 Å². The van der Waals surface area contributed by atoms with Crippen molar-refractivity contribution in [3.63, 3.8) is 0 Å². The van der Waals surface area contributed by atoms with Crippen molar-refractivity contribution in [1.82, 2.24) is 9.97 Å². The Labute approximate surface area is 152 Å². The summed E-state index contributed by atoms with van der Waals surface area (Å²) < 4.78 is 38.9. The lowest BCUT2D eigenvalue weighted by Gasteiger charge is -2.13. The molecule has 5 N–H and O–H groups in total. The fraction of sp³-hybridized carbons (Fsp3) is 0.111. The van der Waals surface area contributed by atoms with Gasteiger partial charge in [0.15, 0.2) is 5.95 Å². The zero-order valence-electron chi connectivity index (χ0n) is 14.2. The minimum absolute atomic E-state index is 0.0444. The molecule has 1 aromatic heterocycles. The number of imidazole rings is 1. The number of anilines is 3. The predicted molar refractivity (Wildman–Crippen MR) is 97.3 cm³/mol. The average Bonchev–Trinajstić information content (AvgIpc) is 3.02. The maximum Gasteiger partial charge on any atom is 0.416 e. The number of carbonyl (C=O) groups excluding carboxylic acids is 1. The van der Waals surface area contributed by atoms with E-state index in [1.165, 1.54) is 19.1 Å². The Morgan fingerprint density at radius 2 is 1.81 bits per heavy atom. The monoisotopic (exact) mass is 375 g/mol. The van der Waals surface area contributed by atoms with Crippen LogP contribution < -0.4 is 16.4 Å². The van der Waals surface area contributed by atoms with E-state index in [0.29, 0.717) is 11.4 Å². The predicted octanol–water partition coefficient (Wildman–Crippen LogP) is 4.63. The van der Waals surface area contributed by atoms with Gasteiger partial charge in [-0.3, -0.25) is 0 Å². The van der Waals surface area contributed by atoms with Gasteiger partial charge >= 0.3 is 12.2 Å². The summed E-state index contributed by atoms with van der Waals surface area (Å²) in [5, 5.41) is 4.99. The number of aromatic amines is 1. The normalized spacial score (nSPS) is 11.3. The molecule has 0 radical (unpaired) electrons. The summed E-state index contributed by atoms with van der Waals surface area (Å²) in [6, 6.07) is 9.81. The van der Waals surface area contributed by atoms with Gasteiger partial charge in [-0.05, 0) is 36.8 Å². The number of aromatic nitrogens is 2. The standard InChI is InChI=1S/C18H16F3N5O/c1-10-5-6-13(8-14(10)18(19,20)21)25-17(27)24-12-4-2-3-11(7-12)15-9-23-16(22)26-15/h2-9H,1H3,(H3,22,23,26)(H2,24,25,27). The lowest BCUT2D eigenvalue weighted by atomic mass is 10.1. The van der Waals surface area contributed by atoms with Crippen molar-refractivity contribution in [2.24, 2.45) is 0 Å². The SMILES string of the molecule is Cc1ccc(NC(=O)Nc2cccc(-c3cnc(N)[nH]3)c2)cc1C(F)(F)F. The molecule has 0 saturated heterocycles. The molecule has 0 atom stereocenters. The zero-order chi connectivity index (χ0) is 19.6. The molecule has 0 aliphatic rings. The maximum atomic E-state index is 13.0. The van der Waals surface area contributed by atoms with Crippen LogP contribution in [-0.2, 0) is 6.18 Å². The minimum atomic E-state index is -4.49. The maximum absolute atomic E-state index is 13.0. The number of benzene rings is 2. The third-order valence-corrected chi connectivity index (χ3v) is 3.83. The van der Waals surface area contributed by atoms with Crippen molar-refractivity contribution in [2.75, 3.05) is 16.4 Å². The molecule has 3 rings (SSSR count). The highest BCUT2D eigenvalue weighted by molar-refractivity contribution is 6.00. The number of urea groups is 1. The molecule has 3 aromatic rings. The number of hydrogen-bond donors (Lipinski definition) is 4. The van der Waals surface area contributed by atoms with Gasteiger partial charge in [-0.25, -0.2) is 9.78 Å². The van der Waals surface area contributed by atoms with Crippen LogP contribution in [0.2, 0.25) is 0 Å². The molecule has 0 aliphatic carbocycles. The largest absolute Gasteiger partial charge is 0.416 e. The van der Waals surface area contributed by atoms with E-state index in [-0.39, 0.29) is 17.2 Å². The van der Waals surface area contributed by atoms with Crippen molar-refractivity contribution in [3.8, 4) is 11.3 Å². The molecule has 0 spiro atoms. The van der Waals surface area contributed by atoms with E-state index in [4.69, 9.17) is 5.73 Å². The topological polar surface area (TPSA) is 95.8 Å². The van der Waals surface area contributed by atoms with Crippen molar-refractivity contribution < 1.29 is 18.0 Å². The first kappa shape index (κ1) is 18.3. The van der Waals surface area contributed by atoms with Gasteiger partial charge in [0.2, 0.25) is 0 Å². The molecule has 140 valence electrons. The molecule has 6 nitrogen and oxygen atoms in total. The second kappa shape index (κ2) is 7.02. The summed E-state index contributed by atoms with van der Waals surface area (Å²) in [5.41, 5.74) is 6.76. The fourth-order valence-electron chi connectivity index (χ4n) is 2.55. The van der Waals surface area contributed by atoms with Crippen LogP contribution in [0.25, 0.3) is 11.3 Å².